The van der Waals surface area contributed by atoms with Crippen molar-refractivity contribution >= 4 is 5.69 Å². The second kappa shape index (κ2) is 6.06. The molecule has 0 fully saturated rings. The average molecular weight is 234 g/mol. The maximum absolute atomic E-state index is 5.63. The molecule has 2 nitrogen and oxygen atoms in total. The summed E-state index contributed by atoms with van der Waals surface area (Å²) in [6, 6.07) is 2.26. The second-order valence-corrected chi connectivity index (χ2v) is 5.19. The van der Waals surface area contributed by atoms with Crippen molar-refractivity contribution in [2.24, 2.45) is 11.7 Å². The largest absolute Gasteiger partial charge is 0.385 e. The summed E-state index contributed by atoms with van der Waals surface area (Å²) in [5.41, 5.74) is 12.4. The molecule has 1 unspecified atom stereocenters. The lowest BCUT2D eigenvalue weighted by Gasteiger charge is -2.18. The quantitative estimate of drug-likeness (QED) is 0.820. The summed E-state index contributed by atoms with van der Waals surface area (Å²) in [6.45, 7) is 12.7. The van der Waals surface area contributed by atoms with Gasteiger partial charge in [0.05, 0.1) is 0 Å². The highest BCUT2D eigenvalue weighted by atomic mass is 14.9. The van der Waals surface area contributed by atoms with E-state index in [4.69, 9.17) is 5.73 Å². The summed E-state index contributed by atoms with van der Waals surface area (Å²) < 4.78 is 0. The zero-order valence-corrected chi connectivity index (χ0v) is 11.9. The smallest absolute Gasteiger partial charge is 0.0404 e. The normalized spacial score (nSPS) is 12.6. The molecule has 1 aromatic carbocycles. The van der Waals surface area contributed by atoms with Gasteiger partial charge in [0, 0.05) is 12.2 Å². The number of anilines is 1. The third-order valence-electron chi connectivity index (χ3n) is 3.71. The monoisotopic (exact) mass is 234 g/mol. The van der Waals surface area contributed by atoms with E-state index in [0.717, 1.165) is 19.5 Å². The number of aryl methyl sites for hydroxylation is 2. The maximum atomic E-state index is 5.63. The molecule has 96 valence electrons. The topological polar surface area (TPSA) is 38.0 Å². The third-order valence-corrected chi connectivity index (χ3v) is 3.71. The van der Waals surface area contributed by atoms with E-state index in [0.29, 0.717) is 5.92 Å². The van der Waals surface area contributed by atoms with Crippen molar-refractivity contribution in [3.63, 3.8) is 0 Å². The van der Waals surface area contributed by atoms with Gasteiger partial charge in [-0.25, -0.2) is 0 Å². The minimum Gasteiger partial charge on any atom is -0.385 e. The molecule has 0 radical (unpaired) electrons. The van der Waals surface area contributed by atoms with Crippen molar-refractivity contribution in [3.05, 3.63) is 28.3 Å². The van der Waals surface area contributed by atoms with Gasteiger partial charge in [-0.15, -0.1) is 0 Å². The summed E-state index contributed by atoms with van der Waals surface area (Å²) in [7, 11) is 0. The van der Waals surface area contributed by atoms with E-state index >= 15 is 0 Å². The fourth-order valence-corrected chi connectivity index (χ4v) is 2.04. The van der Waals surface area contributed by atoms with Gasteiger partial charge in [0.25, 0.3) is 0 Å². The first-order chi connectivity index (χ1) is 7.97. The van der Waals surface area contributed by atoms with Gasteiger partial charge in [-0.2, -0.15) is 0 Å². The van der Waals surface area contributed by atoms with Crippen molar-refractivity contribution in [1.82, 2.24) is 0 Å². The highest BCUT2D eigenvalue weighted by Crippen LogP contribution is 2.26. The van der Waals surface area contributed by atoms with Crippen molar-refractivity contribution in [2.45, 2.75) is 41.0 Å². The van der Waals surface area contributed by atoms with Gasteiger partial charge in [0.15, 0.2) is 0 Å². The van der Waals surface area contributed by atoms with Gasteiger partial charge >= 0.3 is 0 Å². The Morgan fingerprint density at radius 1 is 1.12 bits per heavy atom. The Balaban J connectivity index is 2.77. The molecule has 17 heavy (non-hydrogen) atoms. The number of rotatable bonds is 5. The molecule has 0 aromatic heterocycles. The van der Waals surface area contributed by atoms with Crippen LogP contribution in [0, 0.1) is 33.6 Å². The molecule has 0 saturated carbocycles. The highest BCUT2D eigenvalue weighted by molar-refractivity contribution is 5.62. The molecule has 0 spiro atoms. The minimum atomic E-state index is 0.592. The molecular weight excluding hydrogens is 208 g/mol. The molecule has 0 aliphatic rings. The summed E-state index contributed by atoms with van der Waals surface area (Å²) in [4.78, 5) is 0. The summed E-state index contributed by atoms with van der Waals surface area (Å²) in [5, 5.41) is 3.57. The zero-order valence-electron chi connectivity index (χ0n) is 11.9. The van der Waals surface area contributed by atoms with Crippen LogP contribution in [0.25, 0.3) is 0 Å². The molecule has 0 aliphatic heterocycles. The maximum Gasteiger partial charge on any atom is 0.0404 e. The summed E-state index contributed by atoms with van der Waals surface area (Å²) >= 11 is 0. The number of hydrogen-bond donors (Lipinski definition) is 2. The first-order valence-electron chi connectivity index (χ1n) is 6.48. The van der Waals surface area contributed by atoms with Crippen molar-refractivity contribution < 1.29 is 0 Å². The van der Waals surface area contributed by atoms with Crippen LogP contribution < -0.4 is 11.1 Å². The number of nitrogens with one attached hydrogen (secondary N) is 1. The van der Waals surface area contributed by atoms with Gasteiger partial charge in [-0.3, -0.25) is 0 Å². The molecule has 2 heteroatoms. The van der Waals surface area contributed by atoms with Crippen LogP contribution >= 0.6 is 0 Å². The molecule has 1 atom stereocenters. The Kier molecular flexibility index (Phi) is 5.01. The summed E-state index contributed by atoms with van der Waals surface area (Å²) in [5.74, 6) is 0.592. The molecule has 0 aliphatic carbocycles. The summed E-state index contributed by atoms with van der Waals surface area (Å²) in [6.07, 6.45) is 1.13. The van der Waals surface area contributed by atoms with E-state index in [-0.39, 0.29) is 0 Å². The van der Waals surface area contributed by atoms with Crippen LogP contribution in [-0.4, -0.2) is 13.1 Å². The van der Waals surface area contributed by atoms with Crippen LogP contribution in [0.5, 0.6) is 0 Å². The molecule has 0 heterocycles. The minimum absolute atomic E-state index is 0.592. The Labute approximate surface area is 106 Å². The lowest BCUT2D eigenvalue weighted by atomic mass is 9.98. The number of hydrogen-bond acceptors (Lipinski definition) is 2. The van der Waals surface area contributed by atoms with Gasteiger partial charge in [0.1, 0.15) is 0 Å². The Hall–Kier alpha value is -1.02. The number of nitrogens with two attached hydrogens (primary N) is 1. The molecule has 0 saturated heterocycles. The van der Waals surface area contributed by atoms with E-state index in [1.165, 1.54) is 27.9 Å². The standard InChI is InChI=1S/C15H26N2/c1-10(9-16)6-7-17-15-13(4)11(2)8-12(3)14(15)5/h8,10,17H,6-7,9,16H2,1-5H3. The van der Waals surface area contributed by atoms with E-state index in [1.807, 2.05) is 0 Å². The molecular formula is C15H26N2. The predicted octanol–water partition coefficient (Wildman–Crippen LogP) is 3.32. The van der Waals surface area contributed by atoms with Crippen LogP contribution in [0.15, 0.2) is 6.07 Å². The first kappa shape index (κ1) is 14.0. The lowest BCUT2D eigenvalue weighted by Crippen LogP contribution is -2.16. The molecule has 3 N–H and O–H groups in total. The van der Waals surface area contributed by atoms with Crippen molar-refractivity contribution in [1.29, 1.82) is 0 Å². The first-order valence-corrected chi connectivity index (χ1v) is 6.48. The molecule has 1 rings (SSSR count). The number of benzene rings is 1. The Morgan fingerprint density at radius 2 is 1.65 bits per heavy atom. The lowest BCUT2D eigenvalue weighted by molar-refractivity contribution is 0.561. The molecule has 0 amide bonds. The van der Waals surface area contributed by atoms with E-state index in [2.05, 4.69) is 46.0 Å². The highest BCUT2D eigenvalue weighted by Gasteiger charge is 2.08. The van der Waals surface area contributed by atoms with Crippen LogP contribution in [0.3, 0.4) is 0 Å². The van der Waals surface area contributed by atoms with E-state index < -0.39 is 0 Å². The molecule has 1 aromatic rings. The fourth-order valence-electron chi connectivity index (χ4n) is 2.04. The van der Waals surface area contributed by atoms with Crippen molar-refractivity contribution in [3.8, 4) is 0 Å². The van der Waals surface area contributed by atoms with Gasteiger partial charge in [-0.05, 0) is 68.8 Å². The molecule has 0 bridgehead atoms. The SMILES string of the molecule is Cc1cc(C)c(C)c(NCCC(C)CN)c1C. The third kappa shape index (κ3) is 3.47. The Bertz CT molecular complexity index is 357. The van der Waals surface area contributed by atoms with Crippen LogP contribution in [0.1, 0.15) is 35.6 Å². The fraction of sp³-hybridized carbons (Fsp3) is 0.600. The van der Waals surface area contributed by atoms with Gasteiger partial charge in [0.2, 0.25) is 0 Å². The van der Waals surface area contributed by atoms with Gasteiger partial charge in [-0.1, -0.05) is 13.0 Å². The van der Waals surface area contributed by atoms with Crippen LogP contribution in [-0.2, 0) is 0 Å². The van der Waals surface area contributed by atoms with Crippen LogP contribution in [0.4, 0.5) is 5.69 Å². The Morgan fingerprint density at radius 3 is 2.12 bits per heavy atom. The second-order valence-electron chi connectivity index (χ2n) is 5.19. The predicted molar refractivity (Wildman–Crippen MR) is 76.7 cm³/mol. The van der Waals surface area contributed by atoms with E-state index in [9.17, 15) is 0 Å². The average Bonchev–Trinajstić information content (AvgIpc) is 2.30. The van der Waals surface area contributed by atoms with E-state index in [1.54, 1.807) is 0 Å². The zero-order chi connectivity index (χ0) is 13.0. The van der Waals surface area contributed by atoms with Crippen LogP contribution in [0.2, 0.25) is 0 Å². The van der Waals surface area contributed by atoms with Gasteiger partial charge < -0.3 is 11.1 Å². The van der Waals surface area contributed by atoms with Crippen molar-refractivity contribution in [2.75, 3.05) is 18.4 Å².